The lowest BCUT2D eigenvalue weighted by atomic mass is 10.0. The Labute approximate surface area is 171 Å². The number of aryl methyl sites for hydroxylation is 1. The maximum Gasteiger partial charge on any atom is 0.379 e. The highest BCUT2D eigenvalue weighted by Crippen LogP contribution is 2.30. The first-order valence-corrected chi connectivity index (χ1v) is 9.22. The molecule has 0 aliphatic rings. The molecule has 0 bridgehead atoms. The normalized spacial score (nSPS) is 10.9. The summed E-state index contributed by atoms with van der Waals surface area (Å²) in [5, 5.41) is 5.25. The predicted octanol–water partition coefficient (Wildman–Crippen LogP) is 4.38. The molecular formula is C22H16ClN3O3. The molecule has 2 aromatic heterocycles. The summed E-state index contributed by atoms with van der Waals surface area (Å²) in [7, 11) is 1.18. The van der Waals surface area contributed by atoms with E-state index < -0.39 is 11.8 Å². The summed E-state index contributed by atoms with van der Waals surface area (Å²) >= 11 is 6.12. The molecule has 0 fully saturated rings. The number of nitrogens with zero attached hydrogens (tertiary/aromatic N) is 3. The Morgan fingerprint density at radius 1 is 1.00 bits per heavy atom. The lowest BCUT2D eigenvalue weighted by molar-refractivity contribution is -0.135. The van der Waals surface area contributed by atoms with E-state index in [0.29, 0.717) is 27.8 Å². The van der Waals surface area contributed by atoms with Crippen molar-refractivity contribution in [3.63, 3.8) is 0 Å². The van der Waals surface area contributed by atoms with Crippen LogP contribution in [0.15, 0.2) is 60.7 Å². The van der Waals surface area contributed by atoms with Crippen molar-refractivity contribution in [3.05, 3.63) is 76.9 Å². The monoisotopic (exact) mass is 405 g/mol. The maximum atomic E-state index is 12.8. The fraction of sp³-hybridized carbons (Fsp3) is 0.0909. The number of ketones is 1. The minimum Gasteiger partial charge on any atom is -0.463 e. The van der Waals surface area contributed by atoms with Gasteiger partial charge in [-0.15, -0.1) is 0 Å². The zero-order valence-electron chi connectivity index (χ0n) is 15.7. The van der Waals surface area contributed by atoms with Crippen LogP contribution in [0.2, 0.25) is 5.02 Å². The standard InChI is InChI=1S/C22H16ClN3O3/c1-13-19(21(27)22(28)29-2)20(14-7-4-3-5-8-14)26-18(24-13)12-17(25-26)15-9-6-10-16(23)11-15/h3-12H,1-2H3. The van der Waals surface area contributed by atoms with Crippen molar-refractivity contribution >= 4 is 29.0 Å². The molecule has 0 saturated carbocycles. The average molecular weight is 406 g/mol. The molecule has 144 valence electrons. The van der Waals surface area contributed by atoms with Gasteiger partial charge in [-0.2, -0.15) is 5.10 Å². The van der Waals surface area contributed by atoms with Gasteiger partial charge in [-0.3, -0.25) is 4.79 Å². The molecule has 0 atom stereocenters. The third-order valence-electron chi connectivity index (χ3n) is 4.55. The van der Waals surface area contributed by atoms with E-state index in [2.05, 4.69) is 14.8 Å². The number of carbonyl (C=O) groups excluding carboxylic acids is 2. The Balaban J connectivity index is 2.04. The number of hydrogen-bond acceptors (Lipinski definition) is 5. The lowest BCUT2D eigenvalue weighted by Crippen LogP contribution is -2.20. The first kappa shape index (κ1) is 18.8. The van der Waals surface area contributed by atoms with Gasteiger partial charge in [-0.25, -0.2) is 14.3 Å². The lowest BCUT2D eigenvalue weighted by Gasteiger charge is -2.12. The molecule has 0 spiro atoms. The van der Waals surface area contributed by atoms with Gasteiger partial charge in [0.25, 0.3) is 5.78 Å². The number of carbonyl (C=O) groups is 2. The molecule has 0 radical (unpaired) electrons. The van der Waals surface area contributed by atoms with E-state index in [1.165, 1.54) is 7.11 Å². The number of ether oxygens (including phenoxy) is 1. The van der Waals surface area contributed by atoms with Crippen LogP contribution in [0.4, 0.5) is 0 Å². The summed E-state index contributed by atoms with van der Waals surface area (Å²) < 4.78 is 6.23. The van der Waals surface area contributed by atoms with Gasteiger partial charge in [0.2, 0.25) is 0 Å². The van der Waals surface area contributed by atoms with Crippen molar-refractivity contribution in [2.45, 2.75) is 6.92 Å². The highest BCUT2D eigenvalue weighted by Gasteiger charge is 2.27. The van der Waals surface area contributed by atoms with E-state index in [4.69, 9.17) is 11.6 Å². The molecule has 4 aromatic rings. The van der Waals surface area contributed by atoms with Crippen LogP contribution in [0.1, 0.15) is 16.1 Å². The van der Waals surface area contributed by atoms with Gasteiger partial charge in [0.15, 0.2) is 5.65 Å². The average Bonchev–Trinajstić information content (AvgIpc) is 3.16. The fourth-order valence-electron chi connectivity index (χ4n) is 3.24. The molecule has 2 heterocycles. The second kappa shape index (κ2) is 7.48. The second-order valence-electron chi connectivity index (χ2n) is 6.42. The second-order valence-corrected chi connectivity index (χ2v) is 6.85. The number of halogens is 1. The number of methoxy groups -OCH3 is 1. The highest BCUT2D eigenvalue weighted by atomic mass is 35.5. The molecule has 2 aromatic carbocycles. The first-order valence-electron chi connectivity index (χ1n) is 8.84. The minimum atomic E-state index is -0.950. The summed E-state index contributed by atoms with van der Waals surface area (Å²) in [5.41, 5.74) is 3.82. The Bertz CT molecular complexity index is 1250. The summed E-state index contributed by atoms with van der Waals surface area (Å²) in [5.74, 6) is -1.72. The number of esters is 1. The van der Waals surface area contributed by atoms with Crippen LogP contribution in [-0.4, -0.2) is 33.5 Å². The van der Waals surface area contributed by atoms with Crippen LogP contribution in [0, 0.1) is 6.92 Å². The molecule has 0 unspecified atom stereocenters. The number of rotatable bonds is 4. The minimum absolute atomic E-state index is 0.163. The largest absolute Gasteiger partial charge is 0.463 e. The van der Waals surface area contributed by atoms with Gasteiger partial charge in [0, 0.05) is 22.2 Å². The van der Waals surface area contributed by atoms with Gasteiger partial charge in [0.05, 0.1) is 29.8 Å². The molecule has 0 N–H and O–H groups in total. The van der Waals surface area contributed by atoms with E-state index in [1.807, 2.05) is 48.5 Å². The SMILES string of the molecule is COC(=O)C(=O)c1c(C)nc2cc(-c3cccc(Cl)c3)nn2c1-c1ccccc1. The van der Waals surface area contributed by atoms with Crippen LogP contribution in [0.25, 0.3) is 28.2 Å². The summed E-state index contributed by atoms with van der Waals surface area (Å²) in [6, 6.07) is 18.4. The Morgan fingerprint density at radius 3 is 2.41 bits per heavy atom. The number of Topliss-reactive ketones (excluding diaryl/α,β-unsaturated/α-hetero) is 1. The quantitative estimate of drug-likeness (QED) is 0.286. The molecule has 0 aliphatic carbocycles. The molecule has 0 amide bonds. The molecule has 0 aliphatic heterocycles. The number of hydrogen-bond donors (Lipinski definition) is 0. The zero-order chi connectivity index (χ0) is 20.5. The molecule has 4 rings (SSSR count). The van der Waals surface area contributed by atoms with E-state index in [9.17, 15) is 9.59 Å². The van der Waals surface area contributed by atoms with Gasteiger partial charge in [-0.05, 0) is 19.1 Å². The molecule has 0 saturated heterocycles. The van der Waals surface area contributed by atoms with Crippen LogP contribution in [-0.2, 0) is 9.53 Å². The van der Waals surface area contributed by atoms with E-state index in [-0.39, 0.29) is 5.56 Å². The van der Waals surface area contributed by atoms with Crippen molar-refractivity contribution in [2.24, 2.45) is 0 Å². The Hall–Kier alpha value is -3.51. The maximum absolute atomic E-state index is 12.8. The van der Waals surface area contributed by atoms with Crippen molar-refractivity contribution in [1.29, 1.82) is 0 Å². The topological polar surface area (TPSA) is 73.6 Å². The van der Waals surface area contributed by atoms with Gasteiger partial charge in [-0.1, -0.05) is 54.1 Å². The van der Waals surface area contributed by atoms with Gasteiger partial charge in [0.1, 0.15) is 0 Å². The number of aromatic nitrogens is 3. The van der Waals surface area contributed by atoms with Crippen LogP contribution in [0.5, 0.6) is 0 Å². The van der Waals surface area contributed by atoms with Gasteiger partial charge >= 0.3 is 5.97 Å². The highest BCUT2D eigenvalue weighted by molar-refractivity contribution is 6.42. The van der Waals surface area contributed by atoms with Gasteiger partial charge < -0.3 is 4.74 Å². The third-order valence-corrected chi connectivity index (χ3v) is 4.78. The smallest absolute Gasteiger partial charge is 0.379 e. The van der Waals surface area contributed by atoms with Crippen molar-refractivity contribution in [1.82, 2.24) is 14.6 Å². The molecule has 6 nitrogen and oxygen atoms in total. The Morgan fingerprint density at radius 2 is 1.72 bits per heavy atom. The van der Waals surface area contributed by atoms with E-state index in [0.717, 1.165) is 11.1 Å². The summed E-state index contributed by atoms with van der Waals surface area (Å²) in [4.78, 5) is 29.3. The fourth-order valence-corrected chi connectivity index (χ4v) is 3.43. The van der Waals surface area contributed by atoms with Crippen molar-refractivity contribution in [3.8, 4) is 22.5 Å². The van der Waals surface area contributed by atoms with Crippen molar-refractivity contribution in [2.75, 3.05) is 7.11 Å². The summed E-state index contributed by atoms with van der Waals surface area (Å²) in [6.45, 7) is 1.69. The first-order chi connectivity index (χ1) is 14.0. The van der Waals surface area contributed by atoms with E-state index in [1.54, 1.807) is 23.6 Å². The predicted molar refractivity (Wildman–Crippen MR) is 110 cm³/mol. The van der Waals surface area contributed by atoms with Crippen LogP contribution < -0.4 is 0 Å². The van der Waals surface area contributed by atoms with Crippen molar-refractivity contribution < 1.29 is 14.3 Å². The van der Waals surface area contributed by atoms with E-state index >= 15 is 0 Å². The molecular weight excluding hydrogens is 390 g/mol. The number of fused-ring (bicyclic) bond motifs is 1. The Kier molecular flexibility index (Phi) is 4.86. The van der Waals surface area contributed by atoms with Crippen LogP contribution in [0.3, 0.4) is 0 Å². The summed E-state index contributed by atoms with van der Waals surface area (Å²) in [6.07, 6.45) is 0. The van der Waals surface area contributed by atoms with Crippen LogP contribution >= 0.6 is 11.6 Å². The molecule has 29 heavy (non-hydrogen) atoms. The molecule has 7 heteroatoms. The third kappa shape index (κ3) is 3.39. The number of benzene rings is 2. The zero-order valence-corrected chi connectivity index (χ0v) is 16.5.